The van der Waals surface area contributed by atoms with Crippen LogP contribution in [-0.4, -0.2) is 26.3 Å². The van der Waals surface area contributed by atoms with Crippen LogP contribution in [0.3, 0.4) is 0 Å². The predicted octanol–water partition coefficient (Wildman–Crippen LogP) is 2.68. The summed E-state index contributed by atoms with van der Waals surface area (Å²) in [7, 11) is 0. The fourth-order valence-corrected chi connectivity index (χ4v) is 3.53. The van der Waals surface area contributed by atoms with E-state index >= 15 is 0 Å². The van der Waals surface area contributed by atoms with Gasteiger partial charge in [-0.05, 0) is 62.4 Å². The lowest BCUT2D eigenvalue weighted by Gasteiger charge is -2.40. The summed E-state index contributed by atoms with van der Waals surface area (Å²) in [6, 6.07) is 0. The molecule has 94 valence electrons. The van der Waals surface area contributed by atoms with Crippen molar-refractivity contribution in [2.45, 2.75) is 39.5 Å². The van der Waals surface area contributed by atoms with Crippen LogP contribution < -0.4 is 5.32 Å². The number of nitrogens with one attached hydrogen (secondary N) is 1. The van der Waals surface area contributed by atoms with Crippen molar-refractivity contribution in [3.63, 3.8) is 0 Å². The van der Waals surface area contributed by atoms with E-state index in [0.717, 1.165) is 36.9 Å². The van der Waals surface area contributed by atoms with Crippen LogP contribution in [0.1, 0.15) is 39.5 Å². The first-order valence-corrected chi connectivity index (χ1v) is 7.06. The van der Waals surface area contributed by atoms with Gasteiger partial charge in [-0.2, -0.15) is 0 Å². The Bertz CT molecular complexity index is 199. The lowest BCUT2D eigenvalue weighted by atomic mass is 9.72. The molecular weight excluding hydrogens is 198 g/mol. The van der Waals surface area contributed by atoms with Gasteiger partial charge in [0.15, 0.2) is 0 Å². The molecule has 1 N–H and O–H groups in total. The van der Waals surface area contributed by atoms with E-state index in [1.54, 1.807) is 0 Å². The lowest BCUT2D eigenvalue weighted by molar-refractivity contribution is 0.00545. The molecule has 16 heavy (non-hydrogen) atoms. The summed E-state index contributed by atoms with van der Waals surface area (Å²) in [6.45, 7) is 9.18. The van der Waals surface area contributed by atoms with Crippen LogP contribution in [-0.2, 0) is 4.74 Å². The van der Waals surface area contributed by atoms with Crippen LogP contribution >= 0.6 is 0 Å². The third kappa shape index (κ3) is 3.21. The summed E-state index contributed by atoms with van der Waals surface area (Å²) in [5.74, 6) is 3.49. The molecule has 2 rings (SSSR count). The number of hydrogen-bond donors (Lipinski definition) is 1. The molecule has 2 heterocycles. The van der Waals surface area contributed by atoms with E-state index in [1.165, 1.54) is 38.8 Å². The van der Waals surface area contributed by atoms with Crippen LogP contribution in [0, 0.1) is 23.7 Å². The molecule has 3 unspecified atom stereocenters. The molecule has 0 bridgehead atoms. The second-order valence-corrected chi connectivity index (χ2v) is 6.02. The van der Waals surface area contributed by atoms with E-state index in [0.29, 0.717) is 0 Å². The monoisotopic (exact) mass is 225 g/mol. The Kier molecular flexibility index (Phi) is 4.66. The van der Waals surface area contributed by atoms with Gasteiger partial charge < -0.3 is 10.1 Å². The number of rotatable bonds is 3. The molecule has 0 aromatic rings. The van der Waals surface area contributed by atoms with E-state index in [2.05, 4.69) is 19.2 Å². The van der Waals surface area contributed by atoms with Gasteiger partial charge in [0.05, 0.1) is 0 Å². The Morgan fingerprint density at radius 2 is 2.19 bits per heavy atom. The van der Waals surface area contributed by atoms with Gasteiger partial charge in [0.2, 0.25) is 0 Å². The third-order valence-corrected chi connectivity index (χ3v) is 4.24. The molecule has 0 aliphatic carbocycles. The van der Waals surface area contributed by atoms with Gasteiger partial charge in [0.25, 0.3) is 0 Å². The maximum absolute atomic E-state index is 5.67. The SMILES string of the molecule is CC(C)CC1CNCCC1C1CCCOC1. The molecule has 0 amide bonds. The second-order valence-electron chi connectivity index (χ2n) is 6.02. The summed E-state index contributed by atoms with van der Waals surface area (Å²) in [5.41, 5.74) is 0. The predicted molar refractivity (Wildman–Crippen MR) is 67.5 cm³/mol. The molecule has 2 fully saturated rings. The van der Waals surface area contributed by atoms with Crippen LogP contribution in [0.15, 0.2) is 0 Å². The van der Waals surface area contributed by atoms with Crippen LogP contribution in [0.5, 0.6) is 0 Å². The second kappa shape index (κ2) is 6.02. The van der Waals surface area contributed by atoms with Crippen LogP contribution in [0.25, 0.3) is 0 Å². The summed E-state index contributed by atoms with van der Waals surface area (Å²) in [4.78, 5) is 0. The fourth-order valence-electron chi connectivity index (χ4n) is 3.53. The van der Waals surface area contributed by atoms with Crippen molar-refractivity contribution in [3.8, 4) is 0 Å². The molecule has 0 radical (unpaired) electrons. The van der Waals surface area contributed by atoms with Crippen molar-refractivity contribution in [2.75, 3.05) is 26.3 Å². The average Bonchev–Trinajstić information content (AvgIpc) is 2.30. The van der Waals surface area contributed by atoms with Crippen molar-refractivity contribution < 1.29 is 4.74 Å². The van der Waals surface area contributed by atoms with Gasteiger partial charge in [-0.15, -0.1) is 0 Å². The minimum absolute atomic E-state index is 0.830. The lowest BCUT2D eigenvalue weighted by Crippen LogP contribution is -2.42. The normalized spacial score (nSPS) is 36.6. The Morgan fingerprint density at radius 3 is 2.88 bits per heavy atom. The zero-order valence-electron chi connectivity index (χ0n) is 10.9. The van der Waals surface area contributed by atoms with Crippen molar-refractivity contribution in [3.05, 3.63) is 0 Å². The fraction of sp³-hybridized carbons (Fsp3) is 1.00. The molecule has 2 saturated heterocycles. The highest BCUT2D eigenvalue weighted by Gasteiger charge is 2.32. The van der Waals surface area contributed by atoms with Gasteiger partial charge in [-0.25, -0.2) is 0 Å². The van der Waals surface area contributed by atoms with E-state index < -0.39 is 0 Å². The van der Waals surface area contributed by atoms with Gasteiger partial charge in [0, 0.05) is 13.2 Å². The largest absolute Gasteiger partial charge is 0.381 e. The zero-order chi connectivity index (χ0) is 11.4. The topological polar surface area (TPSA) is 21.3 Å². The number of hydrogen-bond acceptors (Lipinski definition) is 2. The first-order chi connectivity index (χ1) is 7.77. The summed E-state index contributed by atoms with van der Waals surface area (Å²) in [5, 5.41) is 3.57. The molecule has 3 atom stereocenters. The maximum Gasteiger partial charge on any atom is 0.0497 e. The first-order valence-electron chi connectivity index (χ1n) is 7.06. The third-order valence-electron chi connectivity index (χ3n) is 4.24. The maximum atomic E-state index is 5.67. The van der Waals surface area contributed by atoms with Gasteiger partial charge in [-0.1, -0.05) is 13.8 Å². The molecule has 0 aromatic carbocycles. The molecule has 2 nitrogen and oxygen atoms in total. The molecule has 2 aliphatic rings. The summed E-state index contributed by atoms with van der Waals surface area (Å²) < 4.78 is 5.67. The van der Waals surface area contributed by atoms with E-state index in [4.69, 9.17) is 4.74 Å². The molecule has 0 spiro atoms. The molecule has 2 aliphatic heterocycles. The van der Waals surface area contributed by atoms with Crippen LogP contribution in [0.4, 0.5) is 0 Å². The van der Waals surface area contributed by atoms with Gasteiger partial charge >= 0.3 is 0 Å². The van der Waals surface area contributed by atoms with Crippen LogP contribution in [0.2, 0.25) is 0 Å². The molecule has 0 saturated carbocycles. The molecule has 2 heteroatoms. The van der Waals surface area contributed by atoms with E-state index in [1.807, 2.05) is 0 Å². The van der Waals surface area contributed by atoms with E-state index in [-0.39, 0.29) is 0 Å². The zero-order valence-corrected chi connectivity index (χ0v) is 10.9. The van der Waals surface area contributed by atoms with Crippen molar-refractivity contribution in [1.82, 2.24) is 5.32 Å². The Morgan fingerprint density at radius 1 is 1.31 bits per heavy atom. The van der Waals surface area contributed by atoms with Crippen molar-refractivity contribution in [1.29, 1.82) is 0 Å². The Labute approximate surface area is 100 Å². The molecular formula is C14H27NO. The minimum atomic E-state index is 0.830. The molecule has 0 aromatic heterocycles. The van der Waals surface area contributed by atoms with E-state index in [9.17, 15) is 0 Å². The van der Waals surface area contributed by atoms with Gasteiger partial charge in [-0.3, -0.25) is 0 Å². The highest BCUT2D eigenvalue weighted by atomic mass is 16.5. The number of ether oxygens (including phenoxy) is 1. The van der Waals surface area contributed by atoms with Gasteiger partial charge in [0.1, 0.15) is 0 Å². The standard InChI is InChI=1S/C14H27NO/c1-11(2)8-13-9-15-6-5-14(13)12-4-3-7-16-10-12/h11-15H,3-10H2,1-2H3. The quantitative estimate of drug-likeness (QED) is 0.797. The van der Waals surface area contributed by atoms with Crippen molar-refractivity contribution in [2.24, 2.45) is 23.7 Å². The van der Waals surface area contributed by atoms with Crippen molar-refractivity contribution >= 4 is 0 Å². The number of piperidine rings is 1. The smallest absolute Gasteiger partial charge is 0.0497 e. The average molecular weight is 225 g/mol. The summed E-state index contributed by atoms with van der Waals surface area (Å²) >= 11 is 0. The highest BCUT2D eigenvalue weighted by molar-refractivity contribution is 4.84. The summed E-state index contributed by atoms with van der Waals surface area (Å²) in [6.07, 6.45) is 5.43. The minimum Gasteiger partial charge on any atom is -0.381 e. The highest BCUT2D eigenvalue weighted by Crippen LogP contribution is 2.35. The Hall–Kier alpha value is -0.0800. The first kappa shape index (κ1) is 12.4. The Balaban J connectivity index is 1.92.